The first kappa shape index (κ1) is 9.53. The van der Waals surface area contributed by atoms with Gasteiger partial charge in [0.05, 0.1) is 0 Å². The quantitative estimate of drug-likeness (QED) is 0.729. The number of rotatable bonds is 1. The van der Waals surface area contributed by atoms with Crippen LogP contribution in [0.4, 0.5) is 5.69 Å². The minimum atomic E-state index is 1.05. The highest BCUT2D eigenvalue weighted by atomic mass is 15.1. The van der Waals surface area contributed by atoms with Crippen molar-refractivity contribution in [2.75, 3.05) is 25.5 Å². The van der Waals surface area contributed by atoms with Crippen molar-refractivity contribution < 1.29 is 0 Å². The molecule has 0 unspecified atom stereocenters. The van der Waals surface area contributed by atoms with Crippen LogP contribution in [0.1, 0.15) is 18.1 Å². The van der Waals surface area contributed by atoms with Gasteiger partial charge >= 0.3 is 0 Å². The molecule has 0 amide bonds. The van der Waals surface area contributed by atoms with Crippen molar-refractivity contribution in [2.24, 2.45) is 0 Å². The van der Waals surface area contributed by atoms with Crippen molar-refractivity contribution in [3.63, 3.8) is 0 Å². The fourth-order valence-corrected chi connectivity index (χ4v) is 1.92. The van der Waals surface area contributed by atoms with Crippen LogP contribution in [0.5, 0.6) is 0 Å². The molecule has 2 heteroatoms. The fourth-order valence-electron chi connectivity index (χ4n) is 1.92. The Labute approximate surface area is 85.9 Å². The Kier molecular flexibility index (Phi) is 2.73. The smallest absolute Gasteiger partial charge is 0.0386 e. The minimum Gasteiger partial charge on any atom is -0.383 e. The molecule has 0 fully saturated rings. The molecule has 14 heavy (non-hydrogen) atoms. The van der Waals surface area contributed by atoms with E-state index in [4.69, 9.17) is 0 Å². The van der Waals surface area contributed by atoms with Crippen molar-refractivity contribution in [2.45, 2.75) is 19.9 Å². The Morgan fingerprint density at radius 2 is 2.29 bits per heavy atom. The van der Waals surface area contributed by atoms with Gasteiger partial charge in [0, 0.05) is 25.3 Å². The standard InChI is InChI=1S/C12H18N2/c1-3-10-4-5-12-11(8-10)9-14(2)7-6-13-12/h4-5,8,13H,3,6-7,9H2,1-2H3. The Morgan fingerprint density at radius 1 is 1.43 bits per heavy atom. The van der Waals surface area contributed by atoms with Crippen molar-refractivity contribution in [1.29, 1.82) is 0 Å². The highest BCUT2D eigenvalue weighted by Crippen LogP contribution is 2.21. The van der Waals surface area contributed by atoms with E-state index in [0.717, 1.165) is 26.1 Å². The maximum Gasteiger partial charge on any atom is 0.0386 e. The Bertz CT molecular complexity index is 320. The first-order valence-corrected chi connectivity index (χ1v) is 5.34. The first-order chi connectivity index (χ1) is 6.79. The topological polar surface area (TPSA) is 15.3 Å². The van der Waals surface area contributed by atoms with Crippen molar-refractivity contribution in [3.8, 4) is 0 Å². The summed E-state index contributed by atoms with van der Waals surface area (Å²) in [5, 5.41) is 3.47. The van der Waals surface area contributed by atoms with Gasteiger partial charge in [-0.2, -0.15) is 0 Å². The summed E-state index contributed by atoms with van der Waals surface area (Å²) in [6.07, 6.45) is 1.12. The molecule has 0 saturated heterocycles. The Balaban J connectivity index is 2.32. The molecule has 1 aromatic carbocycles. The largest absolute Gasteiger partial charge is 0.383 e. The zero-order chi connectivity index (χ0) is 9.97. The number of anilines is 1. The Morgan fingerprint density at radius 3 is 3.07 bits per heavy atom. The van der Waals surface area contributed by atoms with E-state index in [1.165, 1.54) is 16.8 Å². The Hall–Kier alpha value is -1.02. The van der Waals surface area contributed by atoms with Crippen LogP contribution < -0.4 is 5.32 Å². The molecule has 0 aliphatic carbocycles. The van der Waals surface area contributed by atoms with Gasteiger partial charge in [0.1, 0.15) is 0 Å². The third-order valence-corrected chi connectivity index (χ3v) is 2.83. The lowest BCUT2D eigenvalue weighted by Crippen LogP contribution is -2.20. The monoisotopic (exact) mass is 190 g/mol. The summed E-state index contributed by atoms with van der Waals surface area (Å²) in [6, 6.07) is 6.76. The second kappa shape index (κ2) is 4.01. The van der Waals surface area contributed by atoms with Gasteiger partial charge in [-0.1, -0.05) is 19.1 Å². The zero-order valence-corrected chi connectivity index (χ0v) is 9.01. The highest BCUT2D eigenvalue weighted by Gasteiger charge is 2.10. The van der Waals surface area contributed by atoms with Gasteiger partial charge in [-0.25, -0.2) is 0 Å². The summed E-state index contributed by atoms with van der Waals surface area (Å²) in [6.45, 7) is 5.44. The summed E-state index contributed by atoms with van der Waals surface area (Å²) >= 11 is 0. The fraction of sp³-hybridized carbons (Fsp3) is 0.500. The van der Waals surface area contributed by atoms with Crippen LogP contribution in [0, 0.1) is 0 Å². The van der Waals surface area contributed by atoms with Gasteiger partial charge in [0.25, 0.3) is 0 Å². The van der Waals surface area contributed by atoms with E-state index in [2.05, 4.69) is 42.4 Å². The molecule has 0 spiro atoms. The van der Waals surface area contributed by atoms with Crippen LogP contribution in [0.2, 0.25) is 0 Å². The molecule has 0 aromatic heterocycles. The van der Waals surface area contributed by atoms with E-state index in [0.29, 0.717) is 0 Å². The lowest BCUT2D eigenvalue weighted by atomic mass is 10.1. The van der Waals surface area contributed by atoms with Crippen LogP contribution in [0.25, 0.3) is 0 Å². The van der Waals surface area contributed by atoms with E-state index < -0.39 is 0 Å². The maximum absolute atomic E-state index is 3.47. The van der Waals surface area contributed by atoms with Crippen molar-refractivity contribution in [1.82, 2.24) is 4.90 Å². The molecule has 2 rings (SSSR count). The van der Waals surface area contributed by atoms with E-state index >= 15 is 0 Å². The average Bonchev–Trinajstić information content (AvgIpc) is 2.37. The van der Waals surface area contributed by atoms with Gasteiger partial charge in [0.15, 0.2) is 0 Å². The number of benzene rings is 1. The molecule has 0 radical (unpaired) electrons. The number of fused-ring (bicyclic) bond motifs is 1. The molecule has 0 saturated carbocycles. The minimum absolute atomic E-state index is 1.05. The second-order valence-electron chi connectivity index (χ2n) is 4.01. The number of nitrogens with one attached hydrogen (secondary N) is 1. The number of hydrogen-bond acceptors (Lipinski definition) is 2. The van der Waals surface area contributed by atoms with E-state index in [9.17, 15) is 0 Å². The predicted molar refractivity (Wildman–Crippen MR) is 60.6 cm³/mol. The van der Waals surface area contributed by atoms with Crippen LogP contribution in [-0.2, 0) is 13.0 Å². The normalized spacial score (nSPS) is 17.0. The zero-order valence-electron chi connectivity index (χ0n) is 9.01. The lowest BCUT2D eigenvalue weighted by molar-refractivity contribution is 0.346. The summed E-state index contributed by atoms with van der Waals surface area (Å²) in [5.41, 5.74) is 4.18. The van der Waals surface area contributed by atoms with Crippen LogP contribution in [0.15, 0.2) is 18.2 Å². The number of nitrogens with zero attached hydrogens (tertiary/aromatic N) is 1. The molecule has 0 bridgehead atoms. The molecule has 0 atom stereocenters. The lowest BCUT2D eigenvalue weighted by Gasteiger charge is -2.12. The van der Waals surface area contributed by atoms with Crippen molar-refractivity contribution in [3.05, 3.63) is 29.3 Å². The summed E-state index contributed by atoms with van der Waals surface area (Å²) in [4.78, 5) is 2.36. The molecular weight excluding hydrogens is 172 g/mol. The highest BCUT2D eigenvalue weighted by molar-refractivity contribution is 5.53. The van der Waals surface area contributed by atoms with Gasteiger partial charge in [0.2, 0.25) is 0 Å². The molecule has 1 aliphatic heterocycles. The summed E-state index contributed by atoms with van der Waals surface area (Å²) in [7, 11) is 2.18. The average molecular weight is 190 g/mol. The first-order valence-electron chi connectivity index (χ1n) is 5.34. The maximum atomic E-state index is 3.47. The second-order valence-corrected chi connectivity index (χ2v) is 4.01. The van der Waals surface area contributed by atoms with Crippen LogP contribution >= 0.6 is 0 Å². The van der Waals surface area contributed by atoms with E-state index in [-0.39, 0.29) is 0 Å². The summed E-state index contributed by atoms with van der Waals surface area (Å²) in [5.74, 6) is 0. The molecule has 76 valence electrons. The van der Waals surface area contributed by atoms with Gasteiger partial charge in [-0.05, 0) is 30.7 Å². The van der Waals surface area contributed by atoms with Gasteiger partial charge in [-0.3, -0.25) is 0 Å². The third-order valence-electron chi connectivity index (χ3n) is 2.83. The third kappa shape index (κ3) is 1.90. The van der Waals surface area contributed by atoms with Crippen LogP contribution in [0.3, 0.4) is 0 Å². The molecular formula is C12H18N2. The molecule has 1 N–H and O–H groups in total. The number of hydrogen-bond donors (Lipinski definition) is 1. The molecule has 1 heterocycles. The van der Waals surface area contributed by atoms with Gasteiger partial charge < -0.3 is 10.2 Å². The molecule has 1 aromatic rings. The number of aryl methyl sites for hydroxylation is 1. The SMILES string of the molecule is CCc1ccc2c(c1)CN(C)CCN2. The molecule has 1 aliphatic rings. The number of likely N-dealkylation sites (N-methyl/N-ethyl adjacent to an activating group) is 1. The van der Waals surface area contributed by atoms with Gasteiger partial charge in [-0.15, -0.1) is 0 Å². The van der Waals surface area contributed by atoms with Crippen LogP contribution in [-0.4, -0.2) is 25.0 Å². The molecule has 2 nitrogen and oxygen atoms in total. The predicted octanol–water partition coefficient (Wildman–Crippen LogP) is 2.11. The van der Waals surface area contributed by atoms with E-state index in [1.54, 1.807) is 0 Å². The van der Waals surface area contributed by atoms with Crippen molar-refractivity contribution >= 4 is 5.69 Å². The summed E-state index contributed by atoms with van der Waals surface area (Å²) < 4.78 is 0. The van der Waals surface area contributed by atoms with E-state index in [1.807, 2.05) is 0 Å².